The Morgan fingerprint density at radius 3 is 2.52 bits per heavy atom. The number of fused-ring (bicyclic) bond motifs is 1. The molecular formula is C14H9F3N4. The Kier molecular flexibility index (Phi) is 2.97. The van der Waals surface area contributed by atoms with Crippen LogP contribution in [0.4, 0.5) is 19.0 Å². The third-order valence-corrected chi connectivity index (χ3v) is 3.00. The van der Waals surface area contributed by atoms with Gasteiger partial charge in [-0.2, -0.15) is 13.2 Å². The molecule has 3 rings (SSSR count). The highest BCUT2D eigenvalue weighted by molar-refractivity contribution is 5.88. The number of aromatic nitrogens is 3. The maximum absolute atomic E-state index is 13.0. The lowest BCUT2D eigenvalue weighted by molar-refractivity contribution is -0.137. The standard InChI is InChI=1S/C14H9F3N4/c15-14(16,17)10-4-2-1-3-8(10)13-20-11-7-19-6-5-9(11)12(18)21-13/h1-7H,(H2,18,20,21). The summed E-state index contributed by atoms with van der Waals surface area (Å²) in [5, 5.41) is 0.554. The maximum Gasteiger partial charge on any atom is 0.417 e. The van der Waals surface area contributed by atoms with E-state index >= 15 is 0 Å². The fourth-order valence-electron chi connectivity index (χ4n) is 2.05. The van der Waals surface area contributed by atoms with Crippen LogP contribution in [0.25, 0.3) is 22.3 Å². The van der Waals surface area contributed by atoms with Gasteiger partial charge in [0.2, 0.25) is 0 Å². The van der Waals surface area contributed by atoms with Crippen molar-refractivity contribution in [3.05, 3.63) is 48.3 Å². The lowest BCUT2D eigenvalue weighted by atomic mass is 10.1. The first-order chi connectivity index (χ1) is 9.97. The van der Waals surface area contributed by atoms with E-state index in [-0.39, 0.29) is 17.2 Å². The molecule has 7 heteroatoms. The molecule has 0 atom stereocenters. The number of nitrogens with zero attached hydrogens (tertiary/aromatic N) is 3. The summed E-state index contributed by atoms with van der Waals surface area (Å²) < 4.78 is 39.1. The van der Waals surface area contributed by atoms with Gasteiger partial charge in [-0.1, -0.05) is 18.2 Å². The van der Waals surface area contributed by atoms with E-state index in [1.165, 1.54) is 30.6 Å². The molecule has 106 valence electrons. The number of rotatable bonds is 1. The molecule has 0 fully saturated rings. The number of nitrogens with two attached hydrogens (primary N) is 1. The van der Waals surface area contributed by atoms with Crippen molar-refractivity contribution in [3.63, 3.8) is 0 Å². The summed E-state index contributed by atoms with van der Waals surface area (Å²) in [5.41, 5.74) is 5.29. The zero-order valence-corrected chi connectivity index (χ0v) is 10.6. The van der Waals surface area contributed by atoms with E-state index in [0.29, 0.717) is 10.9 Å². The fraction of sp³-hybridized carbons (Fsp3) is 0.0714. The summed E-state index contributed by atoms with van der Waals surface area (Å²) >= 11 is 0. The maximum atomic E-state index is 13.0. The number of hydrogen-bond acceptors (Lipinski definition) is 4. The molecule has 0 saturated heterocycles. The summed E-state index contributed by atoms with van der Waals surface area (Å²) in [7, 11) is 0. The van der Waals surface area contributed by atoms with E-state index in [1.807, 2.05) is 0 Å². The van der Waals surface area contributed by atoms with Crippen LogP contribution in [0.1, 0.15) is 5.56 Å². The Morgan fingerprint density at radius 1 is 1.00 bits per heavy atom. The number of benzene rings is 1. The predicted molar refractivity (Wildman–Crippen MR) is 72.2 cm³/mol. The Hall–Kier alpha value is -2.70. The minimum absolute atomic E-state index is 0.0686. The molecule has 3 aromatic rings. The van der Waals surface area contributed by atoms with Gasteiger partial charge in [0.25, 0.3) is 0 Å². The summed E-state index contributed by atoms with van der Waals surface area (Å²) in [6.07, 6.45) is -1.53. The smallest absolute Gasteiger partial charge is 0.383 e. The third-order valence-electron chi connectivity index (χ3n) is 3.00. The monoisotopic (exact) mass is 290 g/mol. The normalized spacial score (nSPS) is 11.8. The summed E-state index contributed by atoms with van der Waals surface area (Å²) in [5.74, 6) is 0.0512. The molecule has 21 heavy (non-hydrogen) atoms. The zero-order valence-electron chi connectivity index (χ0n) is 10.6. The van der Waals surface area contributed by atoms with Gasteiger partial charge in [-0.3, -0.25) is 4.98 Å². The minimum atomic E-state index is -4.49. The summed E-state index contributed by atoms with van der Waals surface area (Å²) in [6, 6.07) is 6.74. The Labute approximate surface area is 117 Å². The van der Waals surface area contributed by atoms with Gasteiger partial charge in [-0.05, 0) is 12.1 Å². The first kappa shape index (κ1) is 13.3. The van der Waals surface area contributed by atoms with Crippen LogP contribution in [0.2, 0.25) is 0 Å². The molecule has 0 bridgehead atoms. The molecule has 0 saturated carbocycles. The third kappa shape index (κ3) is 2.37. The van der Waals surface area contributed by atoms with Gasteiger partial charge in [0.1, 0.15) is 5.82 Å². The average Bonchev–Trinajstić information content (AvgIpc) is 2.46. The van der Waals surface area contributed by atoms with Crippen LogP contribution in [0.5, 0.6) is 0 Å². The van der Waals surface area contributed by atoms with Crippen molar-refractivity contribution in [1.29, 1.82) is 0 Å². The SMILES string of the molecule is Nc1nc(-c2ccccc2C(F)(F)F)nc2cnccc12. The molecule has 0 aliphatic rings. The Balaban J connectivity index is 2.27. The lowest BCUT2D eigenvalue weighted by Crippen LogP contribution is -2.08. The molecule has 0 aliphatic heterocycles. The summed E-state index contributed by atoms with van der Waals surface area (Å²) in [4.78, 5) is 12.0. The van der Waals surface area contributed by atoms with Crippen LogP contribution in [-0.2, 0) is 6.18 Å². The van der Waals surface area contributed by atoms with Crippen molar-refractivity contribution in [2.75, 3.05) is 5.73 Å². The second-order valence-corrected chi connectivity index (χ2v) is 4.37. The van der Waals surface area contributed by atoms with Crippen molar-refractivity contribution < 1.29 is 13.2 Å². The van der Waals surface area contributed by atoms with Crippen LogP contribution < -0.4 is 5.73 Å². The van der Waals surface area contributed by atoms with Gasteiger partial charge in [-0.25, -0.2) is 9.97 Å². The van der Waals surface area contributed by atoms with Gasteiger partial charge in [0, 0.05) is 17.1 Å². The van der Waals surface area contributed by atoms with E-state index in [0.717, 1.165) is 6.07 Å². The van der Waals surface area contributed by atoms with Gasteiger partial charge in [0.15, 0.2) is 5.82 Å². The van der Waals surface area contributed by atoms with E-state index in [4.69, 9.17) is 5.73 Å². The molecule has 1 aromatic carbocycles. The largest absolute Gasteiger partial charge is 0.417 e. The molecule has 0 unspecified atom stereocenters. The van der Waals surface area contributed by atoms with Crippen LogP contribution >= 0.6 is 0 Å². The molecule has 2 aromatic heterocycles. The number of nitrogen functional groups attached to an aromatic ring is 1. The second kappa shape index (κ2) is 4.69. The van der Waals surface area contributed by atoms with Gasteiger partial charge < -0.3 is 5.73 Å². The number of hydrogen-bond donors (Lipinski definition) is 1. The molecule has 2 N–H and O–H groups in total. The highest BCUT2D eigenvalue weighted by Gasteiger charge is 2.34. The Bertz CT molecular complexity index is 815. The quantitative estimate of drug-likeness (QED) is 0.747. The number of alkyl halides is 3. The topological polar surface area (TPSA) is 64.7 Å². The Morgan fingerprint density at radius 2 is 1.76 bits per heavy atom. The molecule has 0 amide bonds. The molecule has 0 radical (unpaired) electrons. The van der Waals surface area contributed by atoms with E-state index in [1.54, 1.807) is 6.07 Å². The van der Waals surface area contributed by atoms with E-state index in [9.17, 15) is 13.2 Å². The molecule has 0 aliphatic carbocycles. The second-order valence-electron chi connectivity index (χ2n) is 4.37. The highest BCUT2D eigenvalue weighted by atomic mass is 19.4. The van der Waals surface area contributed by atoms with E-state index in [2.05, 4.69) is 15.0 Å². The zero-order chi connectivity index (χ0) is 15.0. The van der Waals surface area contributed by atoms with Crippen LogP contribution in [0.3, 0.4) is 0 Å². The lowest BCUT2D eigenvalue weighted by Gasteiger charge is -2.12. The number of halogens is 3. The average molecular weight is 290 g/mol. The minimum Gasteiger partial charge on any atom is -0.383 e. The van der Waals surface area contributed by atoms with Crippen molar-refractivity contribution in [3.8, 4) is 11.4 Å². The molecule has 4 nitrogen and oxygen atoms in total. The van der Waals surface area contributed by atoms with Crippen molar-refractivity contribution in [2.45, 2.75) is 6.18 Å². The number of pyridine rings is 1. The van der Waals surface area contributed by atoms with Crippen molar-refractivity contribution in [1.82, 2.24) is 15.0 Å². The van der Waals surface area contributed by atoms with E-state index < -0.39 is 11.7 Å². The fourth-order valence-corrected chi connectivity index (χ4v) is 2.05. The van der Waals surface area contributed by atoms with Gasteiger partial charge >= 0.3 is 6.18 Å². The van der Waals surface area contributed by atoms with Crippen LogP contribution in [0, 0.1) is 0 Å². The van der Waals surface area contributed by atoms with Crippen LogP contribution in [0.15, 0.2) is 42.7 Å². The summed E-state index contributed by atoms with van der Waals surface area (Å²) in [6.45, 7) is 0. The van der Waals surface area contributed by atoms with Gasteiger partial charge in [-0.15, -0.1) is 0 Å². The first-order valence-electron chi connectivity index (χ1n) is 6.00. The molecule has 0 spiro atoms. The molecule has 2 heterocycles. The van der Waals surface area contributed by atoms with Crippen molar-refractivity contribution in [2.24, 2.45) is 0 Å². The van der Waals surface area contributed by atoms with Crippen molar-refractivity contribution >= 4 is 16.7 Å². The van der Waals surface area contributed by atoms with Crippen LogP contribution in [-0.4, -0.2) is 15.0 Å². The number of anilines is 1. The highest BCUT2D eigenvalue weighted by Crippen LogP contribution is 2.36. The molecular weight excluding hydrogens is 281 g/mol. The van der Waals surface area contributed by atoms with Gasteiger partial charge in [0.05, 0.1) is 17.3 Å². The first-order valence-corrected chi connectivity index (χ1v) is 6.00. The predicted octanol–water partition coefficient (Wildman–Crippen LogP) is 3.29.